The minimum absolute atomic E-state index is 0.262. The van der Waals surface area contributed by atoms with E-state index in [-0.39, 0.29) is 5.82 Å². The van der Waals surface area contributed by atoms with E-state index >= 15 is 0 Å². The number of rotatable bonds is 0. The molecule has 0 aliphatic rings. The van der Waals surface area contributed by atoms with Gasteiger partial charge in [0.25, 0.3) is 0 Å². The summed E-state index contributed by atoms with van der Waals surface area (Å²) in [7, 11) is 0. The van der Waals surface area contributed by atoms with Crippen LogP contribution < -0.4 is 0 Å². The molecule has 0 radical (unpaired) electrons. The molecule has 13 heavy (non-hydrogen) atoms. The molecule has 0 saturated carbocycles. The summed E-state index contributed by atoms with van der Waals surface area (Å²) in [6.07, 6.45) is 1.41. The predicted molar refractivity (Wildman–Crippen MR) is 56.4 cm³/mol. The molecule has 0 N–H and O–H groups in total. The van der Waals surface area contributed by atoms with Gasteiger partial charge in [-0.3, -0.25) is 2.78 Å². The lowest BCUT2D eigenvalue weighted by atomic mass is 10.3. The van der Waals surface area contributed by atoms with Crippen LogP contribution in [0.5, 0.6) is 0 Å². The first-order chi connectivity index (χ1) is 6.09. The highest BCUT2D eigenvalue weighted by Crippen LogP contribution is 2.22. The lowest BCUT2D eigenvalue weighted by Gasteiger charge is -1.98. The quantitative estimate of drug-likeness (QED) is 0.698. The van der Waals surface area contributed by atoms with Crippen LogP contribution in [0.25, 0.3) is 11.0 Å². The molecule has 5 heteroatoms. The largest absolute Gasteiger partial charge is 0.270 e. The van der Waals surface area contributed by atoms with Crippen molar-refractivity contribution in [2.24, 2.45) is 0 Å². The summed E-state index contributed by atoms with van der Waals surface area (Å²) in [6.45, 7) is 3.59. The second-order valence-electron chi connectivity index (χ2n) is 2.84. The van der Waals surface area contributed by atoms with Gasteiger partial charge in [0.1, 0.15) is 5.82 Å². The van der Waals surface area contributed by atoms with Crippen molar-refractivity contribution >= 4 is 33.9 Å². The van der Waals surface area contributed by atoms with Gasteiger partial charge in [0, 0.05) is 0 Å². The lowest BCUT2D eigenvalue weighted by molar-refractivity contribution is 0.638. The molecule has 0 fully saturated rings. The molecule has 2 rings (SSSR count). The molecule has 2 aromatic rings. The van der Waals surface area contributed by atoms with Crippen molar-refractivity contribution in [2.45, 2.75) is 13.8 Å². The molecule has 0 aliphatic heterocycles. The van der Waals surface area contributed by atoms with Gasteiger partial charge in [0.2, 0.25) is 0 Å². The molecule has 68 valence electrons. The van der Waals surface area contributed by atoms with E-state index in [0.717, 1.165) is 0 Å². The zero-order valence-corrected chi connectivity index (χ0v) is 9.33. The van der Waals surface area contributed by atoms with Gasteiger partial charge < -0.3 is 0 Å². The molecule has 0 bridgehead atoms. The van der Waals surface area contributed by atoms with Gasteiger partial charge in [-0.2, -0.15) is 0 Å². The second kappa shape index (κ2) is 2.90. The molecular weight excluding hydrogens is 284 g/mol. The summed E-state index contributed by atoms with van der Waals surface area (Å²) in [5, 5.41) is 0.514. The van der Waals surface area contributed by atoms with Gasteiger partial charge >= 0.3 is 0 Å². The number of hydrogen-bond donors (Lipinski definition) is 0. The number of aromatic nitrogens is 3. The van der Waals surface area contributed by atoms with Crippen LogP contribution in [0, 0.1) is 19.7 Å². The van der Waals surface area contributed by atoms with Crippen LogP contribution in [0.2, 0.25) is 0 Å². The smallest absolute Gasteiger partial charge is 0.155 e. The normalized spacial score (nSPS) is 11.1. The van der Waals surface area contributed by atoms with Crippen LogP contribution in [-0.2, 0) is 0 Å². The molecule has 0 saturated heterocycles. The van der Waals surface area contributed by atoms with Gasteiger partial charge in [-0.1, -0.05) is 0 Å². The van der Waals surface area contributed by atoms with Crippen molar-refractivity contribution in [1.29, 1.82) is 0 Å². The molecule has 3 nitrogen and oxygen atoms in total. The van der Waals surface area contributed by atoms with E-state index in [0.29, 0.717) is 22.6 Å². The molecule has 2 heterocycles. The zero-order chi connectivity index (χ0) is 9.59. The summed E-state index contributed by atoms with van der Waals surface area (Å²) in [4.78, 5) is 8.27. The summed E-state index contributed by atoms with van der Waals surface area (Å²) in [5.74, 6) is 0.405. The summed E-state index contributed by atoms with van der Waals surface area (Å²) < 4.78 is 14.9. The monoisotopic (exact) mass is 291 g/mol. The van der Waals surface area contributed by atoms with Gasteiger partial charge in [-0.25, -0.2) is 14.4 Å². The third-order valence-corrected chi connectivity index (χ3v) is 2.59. The van der Waals surface area contributed by atoms with Crippen molar-refractivity contribution in [3.8, 4) is 0 Å². The molecule has 0 atom stereocenters. The fourth-order valence-electron chi connectivity index (χ4n) is 1.35. The summed E-state index contributed by atoms with van der Waals surface area (Å²) in [5.41, 5.74) is 1.33. The van der Waals surface area contributed by atoms with Crippen molar-refractivity contribution < 1.29 is 4.39 Å². The van der Waals surface area contributed by atoms with Crippen molar-refractivity contribution in [2.75, 3.05) is 0 Å². The van der Waals surface area contributed by atoms with Crippen molar-refractivity contribution in [1.82, 2.24) is 12.7 Å². The van der Waals surface area contributed by atoms with E-state index in [9.17, 15) is 4.39 Å². The van der Waals surface area contributed by atoms with Crippen LogP contribution in [0.4, 0.5) is 4.39 Å². The van der Waals surface area contributed by atoms with E-state index in [1.54, 1.807) is 16.6 Å². The zero-order valence-electron chi connectivity index (χ0n) is 7.17. The average Bonchev–Trinajstić information content (AvgIpc) is 2.27. The molecule has 2 aromatic heterocycles. The fraction of sp³-hybridized carbons (Fsp3) is 0.250. The SMILES string of the molecule is Cc1nc(C)c2c(F)cn(I)c2n1. The maximum absolute atomic E-state index is 13.3. The molecule has 0 aromatic carbocycles. The van der Waals surface area contributed by atoms with E-state index in [4.69, 9.17) is 0 Å². The highest BCUT2D eigenvalue weighted by atomic mass is 127. The first-order valence-corrected chi connectivity index (χ1v) is 4.74. The first-order valence-electron chi connectivity index (χ1n) is 3.77. The third-order valence-electron chi connectivity index (χ3n) is 1.85. The van der Waals surface area contributed by atoms with Crippen molar-refractivity contribution in [3.63, 3.8) is 0 Å². The highest BCUT2D eigenvalue weighted by Gasteiger charge is 2.11. The summed E-state index contributed by atoms with van der Waals surface area (Å²) >= 11 is 2.00. The standard InChI is InChI=1S/C8H7FIN3/c1-4-7-6(9)3-13(10)8(7)12-5(2)11-4/h3H,1-2H3. The van der Waals surface area contributed by atoms with E-state index in [2.05, 4.69) is 9.97 Å². The summed E-state index contributed by atoms with van der Waals surface area (Å²) in [6, 6.07) is 0. The minimum atomic E-state index is -0.262. The van der Waals surface area contributed by atoms with Gasteiger partial charge in [-0.15, -0.1) is 0 Å². The molecular formula is C8H7FIN3. The maximum Gasteiger partial charge on any atom is 0.155 e. The maximum atomic E-state index is 13.3. The topological polar surface area (TPSA) is 30.7 Å². The Morgan fingerprint density at radius 3 is 2.77 bits per heavy atom. The van der Waals surface area contributed by atoms with Crippen LogP contribution in [0.15, 0.2) is 6.20 Å². The van der Waals surface area contributed by atoms with E-state index in [1.165, 1.54) is 6.20 Å². The molecule has 0 unspecified atom stereocenters. The van der Waals surface area contributed by atoms with Gasteiger partial charge in [-0.05, 0) is 13.8 Å². The predicted octanol–water partition coefficient (Wildman–Crippen LogP) is 2.39. The first kappa shape index (κ1) is 8.86. The number of nitrogens with zero attached hydrogens (tertiary/aromatic N) is 3. The van der Waals surface area contributed by atoms with Crippen molar-refractivity contribution in [3.05, 3.63) is 23.5 Å². The van der Waals surface area contributed by atoms with Gasteiger partial charge in [0.05, 0.1) is 40.1 Å². The molecule has 0 aliphatic carbocycles. The van der Waals surface area contributed by atoms with E-state index in [1.807, 2.05) is 22.9 Å². The third kappa shape index (κ3) is 1.31. The Hall–Kier alpha value is -0.720. The Balaban J connectivity index is 2.97. The highest BCUT2D eigenvalue weighted by molar-refractivity contribution is 14.1. The second-order valence-corrected chi connectivity index (χ2v) is 3.88. The van der Waals surface area contributed by atoms with Crippen LogP contribution in [0.1, 0.15) is 11.5 Å². The number of aryl methyl sites for hydroxylation is 2. The Morgan fingerprint density at radius 2 is 2.08 bits per heavy atom. The van der Waals surface area contributed by atoms with Gasteiger partial charge in [0.15, 0.2) is 11.5 Å². The Labute approximate surface area is 88.5 Å². The van der Waals surface area contributed by atoms with Crippen LogP contribution in [0.3, 0.4) is 0 Å². The number of halogens is 2. The van der Waals surface area contributed by atoms with Crippen LogP contribution >= 0.6 is 22.9 Å². The van der Waals surface area contributed by atoms with Crippen LogP contribution in [-0.4, -0.2) is 12.7 Å². The average molecular weight is 291 g/mol. The Bertz CT molecular complexity index is 478. The lowest BCUT2D eigenvalue weighted by Crippen LogP contribution is -1.93. The minimum Gasteiger partial charge on any atom is -0.270 e. The Morgan fingerprint density at radius 1 is 1.38 bits per heavy atom. The molecule has 0 spiro atoms. The molecule has 0 amide bonds. The number of hydrogen-bond acceptors (Lipinski definition) is 2. The number of fused-ring (bicyclic) bond motifs is 1. The fourth-order valence-corrected chi connectivity index (χ4v) is 1.95. The Kier molecular flexibility index (Phi) is 1.98. The van der Waals surface area contributed by atoms with E-state index < -0.39 is 0 Å².